The van der Waals surface area contributed by atoms with Gasteiger partial charge in [-0.25, -0.2) is 0 Å². The summed E-state index contributed by atoms with van der Waals surface area (Å²) in [4.78, 5) is 40.2. The lowest BCUT2D eigenvalue weighted by atomic mass is 9.78. The quantitative estimate of drug-likeness (QED) is 0.429. The Morgan fingerprint density at radius 1 is 1.16 bits per heavy atom. The van der Waals surface area contributed by atoms with E-state index in [2.05, 4.69) is 0 Å². The van der Waals surface area contributed by atoms with Crippen LogP contribution >= 0.6 is 11.8 Å². The third-order valence-corrected chi connectivity index (χ3v) is 8.84. The van der Waals surface area contributed by atoms with E-state index in [1.807, 2.05) is 0 Å². The van der Waals surface area contributed by atoms with Crippen LogP contribution in [0.4, 0.5) is 8.78 Å². The van der Waals surface area contributed by atoms with Gasteiger partial charge < -0.3 is 14.4 Å². The summed E-state index contributed by atoms with van der Waals surface area (Å²) < 4.78 is 69.0. The minimum absolute atomic E-state index is 0.257. The van der Waals surface area contributed by atoms with E-state index in [1.54, 1.807) is 39.5 Å². The zero-order chi connectivity index (χ0) is 24.5. The fraction of sp³-hybridized carbons (Fsp3) is 0.842. The summed E-state index contributed by atoms with van der Waals surface area (Å²) >= 11 is 1.28. The summed E-state index contributed by atoms with van der Waals surface area (Å²) in [6.07, 6.45) is -3.34. The number of halogens is 2. The third kappa shape index (κ3) is 3.79. The van der Waals surface area contributed by atoms with E-state index in [9.17, 15) is 31.6 Å². The van der Waals surface area contributed by atoms with Crippen LogP contribution in [-0.4, -0.2) is 75.8 Å². The van der Waals surface area contributed by atoms with Crippen LogP contribution < -0.4 is 0 Å². The smallest absolute Gasteiger partial charge is 0.405 e. The molecule has 0 spiro atoms. The zero-order valence-electron chi connectivity index (χ0n) is 18.4. The monoisotopic (exact) mass is 499 g/mol. The van der Waals surface area contributed by atoms with E-state index in [4.69, 9.17) is 14.0 Å². The maximum absolute atomic E-state index is 13.9. The number of alkyl halides is 2. The summed E-state index contributed by atoms with van der Waals surface area (Å²) in [6, 6.07) is -0.720. The predicted octanol–water partition coefficient (Wildman–Crippen LogP) is 1.71. The molecule has 0 radical (unpaired) electrons. The van der Waals surface area contributed by atoms with Crippen LogP contribution in [0.5, 0.6) is 0 Å². The van der Waals surface area contributed by atoms with Gasteiger partial charge in [0.15, 0.2) is 6.10 Å². The molecule has 0 aromatic rings. The first kappa shape index (κ1) is 25.2. The van der Waals surface area contributed by atoms with Crippen molar-refractivity contribution >= 4 is 39.7 Å². The van der Waals surface area contributed by atoms with Gasteiger partial charge in [-0.1, -0.05) is 0 Å². The maximum Gasteiger partial charge on any atom is 0.405 e. The molecular weight excluding hydrogens is 472 g/mol. The zero-order valence-corrected chi connectivity index (χ0v) is 20.1. The maximum atomic E-state index is 13.9. The number of ether oxygens (including phenoxy) is 2. The van der Waals surface area contributed by atoms with Gasteiger partial charge in [-0.05, 0) is 41.5 Å². The van der Waals surface area contributed by atoms with Gasteiger partial charge in [0.2, 0.25) is 5.91 Å². The van der Waals surface area contributed by atoms with Crippen molar-refractivity contribution in [2.75, 3.05) is 0 Å². The molecular formula is C19H27F2NO8S2. The number of rotatable bonds is 6. The molecule has 32 heavy (non-hydrogen) atoms. The van der Waals surface area contributed by atoms with Crippen LogP contribution in [0.15, 0.2) is 0 Å². The topological polar surface area (TPSA) is 127 Å². The van der Waals surface area contributed by atoms with E-state index >= 15 is 0 Å². The Balaban J connectivity index is 1.92. The molecule has 1 N–H and O–H groups in total. The van der Waals surface area contributed by atoms with Gasteiger partial charge in [0.1, 0.15) is 6.10 Å². The van der Waals surface area contributed by atoms with Gasteiger partial charge in [0.25, 0.3) is 0 Å². The van der Waals surface area contributed by atoms with Crippen LogP contribution in [0.1, 0.15) is 41.5 Å². The lowest BCUT2D eigenvalue weighted by molar-refractivity contribution is -0.172. The highest BCUT2D eigenvalue weighted by molar-refractivity contribution is 8.01. The summed E-state index contributed by atoms with van der Waals surface area (Å²) in [5.41, 5.74) is -0.848. The minimum atomic E-state index is -5.83. The number of nitrogens with zero attached hydrogens (tertiary/aromatic N) is 1. The molecule has 3 heterocycles. The van der Waals surface area contributed by atoms with E-state index in [-0.39, 0.29) is 11.9 Å². The molecule has 3 aliphatic heterocycles. The van der Waals surface area contributed by atoms with Crippen molar-refractivity contribution in [1.82, 2.24) is 4.90 Å². The van der Waals surface area contributed by atoms with Crippen molar-refractivity contribution in [3.8, 4) is 0 Å². The highest BCUT2D eigenvalue weighted by Crippen LogP contribution is 2.60. The van der Waals surface area contributed by atoms with Crippen molar-refractivity contribution in [3.05, 3.63) is 0 Å². The molecule has 0 aromatic heterocycles. The molecule has 13 heteroatoms. The second kappa shape index (κ2) is 7.79. The van der Waals surface area contributed by atoms with Crippen molar-refractivity contribution in [1.29, 1.82) is 0 Å². The lowest BCUT2D eigenvalue weighted by Crippen LogP contribution is -2.53. The fourth-order valence-electron chi connectivity index (χ4n) is 4.49. The summed E-state index contributed by atoms with van der Waals surface area (Å²) in [7, 11) is -5.83. The summed E-state index contributed by atoms with van der Waals surface area (Å²) in [5.74, 6) is -4.15. The molecule has 7 unspecified atom stereocenters. The molecule has 0 aromatic carbocycles. The molecule has 3 saturated heterocycles. The Morgan fingerprint density at radius 2 is 1.72 bits per heavy atom. The number of hydrogen-bond donors (Lipinski definition) is 1. The van der Waals surface area contributed by atoms with Crippen LogP contribution in [0.25, 0.3) is 0 Å². The predicted molar refractivity (Wildman–Crippen MR) is 109 cm³/mol. The molecule has 3 rings (SSSR count). The first-order valence-electron chi connectivity index (χ1n) is 10.1. The molecule has 182 valence electrons. The molecule has 0 saturated carbocycles. The number of thioether (sulfide) groups is 1. The van der Waals surface area contributed by atoms with Crippen LogP contribution in [0, 0.1) is 17.3 Å². The van der Waals surface area contributed by atoms with Crippen LogP contribution in [0.2, 0.25) is 0 Å². The highest BCUT2D eigenvalue weighted by Gasteiger charge is 2.72. The number of carbonyl (C=O) groups is 3. The van der Waals surface area contributed by atoms with Crippen LogP contribution in [-0.2, 0) is 34.0 Å². The van der Waals surface area contributed by atoms with E-state index in [0.29, 0.717) is 6.92 Å². The van der Waals surface area contributed by atoms with Crippen molar-refractivity contribution in [2.45, 2.75) is 81.6 Å². The number of esters is 2. The fourth-order valence-corrected chi connectivity index (χ4v) is 7.05. The van der Waals surface area contributed by atoms with Gasteiger partial charge in [-0.15, -0.1) is 11.8 Å². The second-order valence-electron chi connectivity index (χ2n) is 9.68. The first-order chi connectivity index (χ1) is 14.4. The number of hydrogen-bond acceptors (Lipinski definition) is 8. The molecule has 1 amide bonds. The van der Waals surface area contributed by atoms with E-state index in [0.717, 1.165) is 0 Å². The Labute approximate surface area is 189 Å². The Hall–Kier alpha value is -1.47. The number of likely N-dealkylation sites (tertiary alicyclic amines) is 1. The summed E-state index contributed by atoms with van der Waals surface area (Å²) in [5, 5.41) is -5.84. The average Bonchev–Trinajstić information content (AvgIpc) is 3.22. The highest BCUT2D eigenvalue weighted by atomic mass is 32.2. The van der Waals surface area contributed by atoms with Gasteiger partial charge in [-0.3, -0.25) is 18.9 Å². The summed E-state index contributed by atoms with van der Waals surface area (Å²) in [6.45, 7) is 9.18. The van der Waals surface area contributed by atoms with Gasteiger partial charge in [0, 0.05) is 11.3 Å². The van der Waals surface area contributed by atoms with Gasteiger partial charge in [-0.2, -0.15) is 17.2 Å². The Morgan fingerprint density at radius 3 is 2.19 bits per heavy atom. The van der Waals surface area contributed by atoms with Crippen molar-refractivity contribution in [3.63, 3.8) is 0 Å². The van der Waals surface area contributed by atoms with Crippen molar-refractivity contribution in [2.24, 2.45) is 17.3 Å². The molecule has 7 atom stereocenters. The molecule has 2 bridgehead atoms. The molecule has 3 aliphatic rings. The molecule has 9 nitrogen and oxygen atoms in total. The average molecular weight is 500 g/mol. The number of amides is 1. The Kier molecular flexibility index (Phi) is 6.13. The van der Waals surface area contributed by atoms with Gasteiger partial charge in [0.05, 0.1) is 28.5 Å². The third-order valence-electron chi connectivity index (χ3n) is 6.06. The second-order valence-corrected chi connectivity index (χ2v) is 12.5. The van der Waals surface area contributed by atoms with E-state index < -0.39 is 73.3 Å². The molecule has 3 fully saturated rings. The van der Waals surface area contributed by atoms with E-state index in [1.165, 1.54) is 11.8 Å². The SMILES string of the molecule is CC(C)N1C(=O)C2C3SC(C(OC(=O)C(C)(C)C)C31)C2C(=O)OC(C)C(F)(F)S(=O)(=O)O. The van der Waals surface area contributed by atoms with Gasteiger partial charge >= 0.3 is 27.3 Å². The largest absolute Gasteiger partial charge is 0.459 e. The first-order valence-corrected chi connectivity index (χ1v) is 12.5. The number of carbonyl (C=O) groups excluding carboxylic acids is 3. The Bertz CT molecular complexity index is 932. The normalized spacial score (nSPS) is 33.1. The molecule has 0 aliphatic carbocycles. The van der Waals surface area contributed by atoms with Crippen LogP contribution in [0.3, 0.4) is 0 Å². The lowest BCUT2D eigenvalue weighted by Gasteiger charge is -2.35. The standard InChI is InChI=1S/C19H27F2NO8S2/c1-7(2)22-11-12(30-17(25)18(4,5)6)14-10(9(15(22)23)13(11)31-14)16(24)29-8(3)19(20,21)32(26,27)28/h7-14H,1-6H3,(H,26,27,28). The minimum Gasteiger partial charge on any atom is -0.459 e. The number of fused-ring (bicyclic) bond motifs is 1. The van der Waals surface area contributed by atoms with Crippen molar-refractivity contribution < 1.29 is 45.6 Å².